The second kappa shape index (κ2) is 5.62. The van der Waals surface area contributed by atoms with E-state index >= 15 is 0 Å². The Balaban J connectivity index is 1.96. The summed E-state index contributed by atoms with van der Waals surface area (Å²) in [6.45, 7) is 2.07. The minimum atomic E-state index is 0.0734. The molecular weight excluding hydrogens is 334 g/mol. The quantitative estimate of drug-likeness (QED) is 0.794. The van der Waals surface area contributed by atoms with Gasteiger partial charge in [0.15, 0.2) is 0 Å². The molecule has 1 unspecified atom stereocenters. The van der Waals surface area contributed by atoms with Crippen LogP contribution in [0.4, 0.5) is 5.69 Å². The number of anilines is 1. The van der Waals surface area contributed by atoms with E-state index in [9.17, 15) is 4.79 Å². The maximum atomic E-state index is 12.2. The number of thioether (sulfide) groups is 1. The van der Waals surface area contributed by atoms with Gasteiger partial charge in [-0.2, -0.15) is 0 Å². The molecule has 0 bridgehead atoms. The summed E-state index contributed by atoms with van der Waals surface area (Å²) in [5.74, 6) is 0.706. The van der Waals surface area contributed by atoms with Gasteiger partial charge >= 0.3 is 0 Å². The van der Waals surface area contributed by atoms with Crippen molar-refractivity contribution >= 4 is 39.3 Å². The monoisotopic (exact) mass is 347 g/mol. The number of hydrogen-bond acceptors (Lipinski definition) is 2. The standard InChI is InChI=1S/C16H14BrNOS/c1-11-2-4-12(5-3-11)16-18(15(19)10-20-16)14-8-6-13(17)7-9-14/h2-9,16H,10H2,1H3. The number of carbonyl (C=O) groups is 1. The van der Waals surface area contributed by atoms with E-state index in [1.807, 2.05) is 29.2 Å². The van der Waals surface area contributed by atoms with Crippen LogP contribution in [-0.4, -0.2) is 11.7 Å². The van der Waals surface area contributed by atoms with Crippen LogP contribution in [0.15, 0.2) is 53.0 Å². The minimum absolute atomic E-state index is 0.0734. The van der Waals surface area contributed by atoms with Gasteiger partial charge in [-0.1, -0.05) is 45.8 Å². The fourth-order valence-corrected chi connectivity index (χ4v) is 3.72. The van der Waals surface area contributed by atoms with Gasteiger partial charge in [-0.05, 0) is 36.8 Å². The molecule has 4 heteroatoms. The largest absolute Gasteiger partial charge is 0.295 e. The Kier molecular flexibility index (Phi) is 3.85. The number of amides is 1. The van der Waals surface area contributed by atoms with Crippen molar-refractivity contribution in [2.75, 3.05) is 10.7 Å². The summed E-state index contributed by atoms with van der Waals surface area (Å²) in [5, 5.41) is 0.0734. The molecule has 1 aliphatic rings. The zero-order valence-corrected chi connectivity index (χ0v) is 13.4. The summed E-state index contributed by atoms with van der Waals surface area (Å²) in [6.07, 6.45) is 0. The van der Waals surface area contributed by atoms with Gasteiger partial charge in [0.25, 0.3) is 0 Å². The number of rotatable bonds is 2. The van der Waals surface area contributed by atoms with Crippen LogP contribution < -0.4 is 4.90 Å². The normalized spacial score (nSPS) is 18.6. The molecular formula is C16H14BrNOS. The highest BCUT2D eigenvalue weighted by atomic mass is 79.9. The summed E-state index contributed by atoms with van der Waals surface area (Å²) >= 11 is 5.11. The molecule has 3 rings (SSSR count). The molecule has 0 aromatic heterocycles. The van der Waals surface area contributed by atoms with Crippen LogP contribution in [0.3, 0.4) is 0 Å². The molecule has 0 aliphatic carbocycles. The molecule has 1 fully saturated rings. The van der Waals surface area contributed by atoms with E-state index < -0.39 is 0 Å². The van der Waals surface area contributed by atoms with Crippen molar-refractivity contribution in [3.63, 3.8) is 0 Å². The van der Waals surface area contributed by atoms with Gasteiger partial charge < -0.3 is 0 Å². The van der Waals surface area contributed by atoms with Crippen molar-refractivity contribution in [1.29, 1.82) is 0 Å². The molecule has 1 saturated heterocycles. The SMILES string of the molecule is Cc1ccc(C2SCC(=O)N2c2ccc(Br)cc2)cc1. The Hall–Kier alpha value is -1.26. The average Bonchev–Trinajstić information content (AvgIpc) is 2.83. The lowest BCUT2D eigenvalue weighted by Gasteiger charge is -2.24. The summed E-state index contributed by atoms with van der Waals surface area (Å²) in [6, 6.07) is 16.3. The molecule has 2 aromatic carbocycles. The Morgan fingerprint density at radius 2 is 1.75 bits per heavy atom. The summed E-state index contributed by atoms with van der Waals surface area (Å²) in [5.41, 5.74) is 3.36. The van der Waals surface area contributed by atoms with Gasteiger partial charge in [-0.3, -0.25) is 9.69 Å². The lowest BCUT2D eigenvalue weighted by atomic mass is 10.1. The third-order valence-electron chi connectivity index (χ3n) is 3.34. The zero-order chi connectivity index (χ0) is 14.1. The Labute approximate surface area is 131 Å². The molecule has 1 aliphatic heterocycles. The molecule has 0 saturated carbocycles. The van der Waals surface area contributed by atoms with Gasteiger partial charge in [0, 0.05) is 10.2 Å². The number of carbonyl (C=O) groups excluding carboxylic acids is 1. The number of nitrogens with zero attached hydrogens (tertiary/aromatic N) is 1. The topological polar surface area (TPSA) is 20.3 Å². The summed E-state index contributed by atoms with van der Waals surface area (Å²) in [4.78, 5) is 14.1. The van der Waals surface area contributed by atoms with E-state index in [1.165, 1.54) is 11.1 Å². The van der Waals surface area contributed by atoms with E-state index in [4.69, 9.17) is 0 Å². The second-order valence-corrected chi connectivity index (χ2v) is 6.80. The first kappa shape index (κ1) is 13.7. The highest BCUT2D eigenvalue weighted by Crippen LogP contribution is 2.41. The molecule has 0 N–H and O–H groups in total. The summed E-state index contributed by atoms with van der Waals surface area (Å²) < 4.78 is 1.02. The van der Waals surface area contributed by atoms with Gasteiger partial charge in [0.1, 0.15) is 5.37 Å². The molecule has 1 heterocycles. The maximum Gasteiger partial charge on any atom is 0.238 e. The highest BCUT2D eigenvalue weighted by molar-refractivity contribution is 9.10. The highest BCUT2D eigenvalue weighted by Gasteiger charge is 2.33. The molecule has 2 aromatic rings. The van der Waals surface area contributed by atoms with Crippen molar-refractivity contribution in [3.05, 3.63) is 64.1 Å². The predicted octanol–water partition coefficient (Wildman–Crippen LogP) is 4.54. The van der Waals surface area contributed by atoms with E-state index in [1.54, 1.807) is 11.8 Å². The number of benzene rings is 2. The maximum absolute atomic E-state index is 12.2. The predicted molar refractivity (Wildman–Crippen MR) is 88.0 cm³/mol. The second-order valence-electron chi connectivity index (χ2n) is 4.81. The number of hydrogen-bond donors (Lipinski definition) is 0. The first-order valence-electron chi connectivity index (χ1n) is 6.41. The summed E-state index contributed by atoms with van der Waals surface area (Å²) in [7, 11) is 0. The number of aryl methyl sites for hydroxylation is 1. The van der Waals surface area contributed by atoms with E-state index in [0.29, 0.717) is 5.75 Å². The molecule has 0 radical (unpaired) electrons. The minimum Gasteiger partial charge on any atom is -0.295 e. The lowest BCUT2D eigenvalue weighted by Crippen LogP contribution is -2.27. The number of halogens is 1. The van der Waals surface area contributed by atoms with Crippen LogP contribution in [0.2, 0.25) is 0 Å². The molecule has 2 nitrogen and oxygen atoms in total. The lowest BCUT2D eigenvalue weighted by molar-refractivity contribution is -0.115. The average molecular weight is 348 g/mol. The first-order chi connectivity index (χ1) is 9.65. The molecule has 1 atom stereocenters. The fraction of sp³-hybridized carbons (Fsp3) is 0.188. The van der Waals surface area contributed by atoms with Crippen molar-refractivity contribution in [3.8, 4) is 0 Å². The van der Waals surface area contributed by atoms with Crippen molar-refractivity contribution in [2.45, 2.75) is 12.3 Å². The van der Waals surface area contributed by atoms with Gasteiger partial charge in [-0.25, -0.2) is 0 Å². The van der Waals surface area contributed by atoms with Crippen LogP contribution in [0.25, 0.3) is 0 Å². The van der Waals surface area contributed by atoms with Crippen LogP contribution in [0, 0.1) is 6.92 Å². The van der Waals surface area contributed by atoms with E-state index in [0.717, 1.165) is 10.2 Å². The Morgan fingerprint density at radius 3 is 2.40 bits per heavy atom. The van der Waals surface area contributed by atoms with Gasteiger partial charge in [-0.15, -0.1) is 11.8 Å². The smallest absolute Gasteiger partial charge is 0.238 e. The zero-order valence-electron chi connectivity index (χ0n) is 11.0. The van der Waals surface area contributed by atoms with Gasteiger partial charge in [0.2, 0.25) is 5.91 Å². The van der Waals surface area contributed by atoms with Crippen molar-refractivity contribution < 1.29 is 4.79 Å². The molecule has 0 spiro atoms. The molecule has 102 valence electrons. The van der Waals surface area contributed by atoms with Crippen molar-refractivity contribution in [2.24, 2.45) is 0 Å². The molecule has 20 heavy (non-hydrogen) atoms. The van der Waals surface area contributed by atoms with Crippen molar-refractivity contribution in [1.82, 2.24) is 0 Å². The van der Waals surface area contributed by atoms with Gasteiger partial charge in [0.05, 0.1) is 5.75 Å². The van der Waals surface area contributed by atoms with Crippen LogP contribution in [-0.2, 0) is 4.79 Å². The van der Waals surface area contributed by atoms with Crippen LogP contribution >= 0.6 is 27.7 Å². The van der Waals surface area contributed by atoms with E-state index in [2.05, 4.69) is 47.1 Å². The van der Waals surface area contributed by atoms with E-state index in [-0.39, 0.29) is 11.3 Å². The fourth-order valence-electron chi connectivity index (χ4n) is 2.28. The third kappa shape index (κ3) is 2.63. The Morgan fingerprint density at radius 1 is 1.10 bits per heavy atom. The first-order valence-corrected chi connectivity index (χ1v) is 8.25. The van der Waals surface area contributed by atoms with Crippen LogP contribution in [0.5, 0.6) is 0 Å². The Bertz CT molecular complexity index is 624. The molecule has 1 amide bonds. The van der Waals surface area contributed by atoms with Crippen LogP contribution in [0.1, 0.15) is 16.5 Å². The third-order valence-corrected chi connectivity index (χ3v) is 5.08.